The van der Waals surface area contributed by atoms with Crippen LogP contribution in [0.4, 0.5) is 4.79 Å². The monoisotopic (exact) mass is 697 g/mol. The molecule has 278 valence electrons. The summed E-state index contributed by atoms with van der Waals surface area (Å²) in [6.07, 6.45) is 9.43. The van der Waals surface area contributed by atoms with Gasteiger partial charge in [-0.05, 0) is 67.4 Å². The number of likely N-dealkylation sites (N-methyl/N-ethyl adjacent to an activating group) is 1. The van der Waals surface area contributed by atoms with E-state index in [1.54, 1.807) is 0 Å². The van der Waals surface area contributed by atoms with Crippen LogP contribution in [0.5, 0.6) is 0 Å². The third-order valence-corrected chi connectivity index (χ3v) is 10.2. The number of urea groups is 1. The Morgan fingerprint density at radius 1 is 0.940 bits per heavy atom. The highest BCUT2D eigenvalue weighted by Gasteiger charge is 2.39. The number of Topliss-reactive ketones (excluding diaryl/α,β-unsaturated/α-hetero) is 1. The third-order valence-electron chi connectivity index (χ3n) is 10.2. The number of benzene rings is 1. The van der Waals surface area contributed by atoms with Crippen molar-refractivity contribution in [1.29, 1.82) is 0 Å². The van der Waals surface area contributed by atoms with Crippen LogP contribution >= 0.6 is 0 Å². The lowest BCUT2D eigenvalue weighted by Gasteiger charge is -2.31. The molecule has 2 aliphatic carbocycles. The summed E-state index contributed by atoms with van der Waals surface area (Å²) in [4.78, 5) is 74.2. The van der Waals surface area contributed by atoms with E-state index in [0.29, 0.717) is 24.2 Å². The number of hydrogen-bond donors (Lipinski definition) is 4. The van der Waals surface area contributed by atoms with Gasteiger partial charge in [-0.3, -0.25) is 19.3 Å². The summed E-state index contributed by atoms with van der Waals surface area (Å²) in [5, 5.41) is 8.23. The van der Waals surface area contributed by atoms with Gasteiger partial charge in [0.2, 0.25) is 11.7 Å². The van der Waals surface area contributed by atoms with Gasteiger partial charge in [0.25, 0.3) is 5.91 Å². The molecule has 12 heteroatoms. The van der Waals surface area contributed by atoms with Gasteiger partial charge in [-0.1, -0.05) is 97.1 Å². The van der Waals surface area contributed by atoms with Crippen LogP contribution in [0, 0.1) is 29.1 Å². The van der Waals surface area contributed by atoms with Crippen molar-refractivity contribution < 1.29 is 33.5 Å². The molecule has 4 rings (SSSR count). The molecule has 12 nitrogen and oxygen atoms in total. The third kappa shape index (κ3) is 12.8. The molecule has 0 bridgehead atoms. The molecule has 4 amide bonds. The first-order chi connectivity index (χ1) is 23.6. The van der Waals surface area contributed by atoms with Crippen molar-refractivity contribution in [2.24, 2.45) is 34.8 Å². The normalized spacial score (nSPS) is 21.5. The molecule has 1 heterocycles. The Morgan fingerprint density at radius 2 is 1.58 bits per heavy atom. The second-order valence-electron chi connectivity index (χ2n) is 15.7. The average molecular weight is 698 g/mol. The number of hydrogen-bond acceptors (Lipinski definition) is 8. The Balaban J connectivity index is 0.000000278. The SMILES string of the molecule is CC(C)(C)C(NC(=O)NC(C=O)C1CCCCC1)C(=O)OCc1ccccc1.CC(C)[C@@H]1CC(C(=O)NC(CC2CC2)C(=O)C(N)=O)N(C)C1. The lowest BCUT2D eigenvalue weighted by atomic mass is 9.84. The number of nitrogens with one attached hydrogen (secondary N) is 3. The number of primary amides is 1. The second-order valence-corrected chi connectivity index (χ2v) is 15.7. The van der Waals surface area contributed by atoms with Crippen molar-refractivity contribution in [2.45, 2.75) is 123 Å². The maximum absolute atomic E-state index is 12.6. The van der Waals surface area contributed by atoms with Gasteiger partial charge in [0, 0.05) is 6.54 Å². The summed E-state index contributed by atoms with van der Waals surface area (Å²) in [5.74, 6) is -0.706. The van der Waals surface area contributed by atoms with Gasteiger partial charge in [0.1, 0.15) is 18.9 Å². The number of amides is 4. The number of nitrogens with two attached hydrogens (primary N) is 1. The number of nitrogens with zero attached hydrogens (tertiary/aromatic N) is 1. The van der Waals surface area contributed by atoms with Crippen molar-refractivity contribution in [1.82, 2.24) is 20.9 Å². The minimum atomic E-state index is -0.967. The largest absolute Gasteiger partial charge is 0.459 e. The molecule has 4 unspecified atom stereocenters. The highest BCUT2D eigenvalue weighted by atomic mass is 16.5. The number of esters is 1. The fourth-order valence-electron chi connectivity index (χ4n) is 6.71. The Morgan fingerprint density at radius 3 is 2.10 bits per heavy atom. The molecule has 1 aromatic carbocycles. The Hall–Kier alpha value is -3.80. The van der Waals surface area contributed by atoms with E-state index in [1.807, 2.05) is 63.1 Å². The van der Waals surface area contributed by atoms with E-state index in [4.69, 9.17) is 10.5 Å². The number of ketones is 1. The van der Waals surface area contributed by atoms with Crippen LogP contribution in [0.15, 0.2) is 30.3 Å². The molecule has 1 aliphatic heterocycles. The van der Waals surface area contributed by atoms with Crippen LogP contribution in [-0.2, 0) is 35.3 Å². The van der Waals surface area contributed by atoms with Gasteiger partial charge in [0.15, 0.2) is 0 Å². The minimum Gasteiger partial charge on any atom is -0.459 e. The molecule has 0 aromatic heterocycles. The van der Waals surface area contributed by atoms with Crippen LogP contribution in [0.2, 0.25) is 0 Å². The van der Waals surface area contributed by atoms with Crippen LogP contribution in [0.25, 0.3) is 0 Å². The fourth-order valence-corrected chi connectivity index (χ4v) is 6.71. The smallest absolute Gasteiger partial charge is 0.329 e. The molecular weight excluding hydrogens is 638 g/mol. The number of ether oxygens (including phenoxy) is 1. The molecule has 5 atom stereocenters. The molecule has 0 spiro atoms. The van der Waals surface area contributed by atoms with E-state index in [0.717, 1.165) is 63.3 Å². The van der Waals surface area contributed by atoms with Crippen molar-refractivity contribution in [3.63, 3.8) is 0 Å². The van der Waals surface area contributed by atoms with Crippen LogP contribution in [-0.4, -0.2) is 78.5 Å². The summed E-state index contributed by atoms with van der Waals surface area (Å²) in [5.41, 5.74) is 5.45. The maximum Gasteiger partial charge on any atom is 0.329 e. The first kappa shape index (κ1) is 40.6. The summed E-state index contributed by atoms with van der Waals surface area (Å²) in [6.45, 7) is 10.9. The first-order valence-corrected chi connectivity index (χ1v) is 18.2. The molecule has 2 saturated carbocycles. The van der Waals surface area contributed by atoms with E-state index >= 15 is 0 Å². The topological polar surface area (TPSA) is 177 Å². The van der Waals surface area contributed by atoms with Gasteiger partial charge in [0.05, 0.1) is 18.1 Å². The van der Waals surface area contributed by atoms with Crippen molar-refractivity contribution >= 4 is 35.9 Å². The standard InChI is InChI=1S/C22H32N2O4.C16H27N3O3/c1-22(2,3)19(20(26)28-15-16-10-6-4-7-11-16)24-21(27)23-18(14-25)17-12-8-5-9-13-17;1-9(2)11-7-13(19(3)8-11)16(22)18-12(6-10-4-5-10)14(20)15(17)21/h4,6-7,10-11,14,17-19H,5,8-9,12-13,15H2,1-3H3,(H2,23,24,27);9-13H,4-8H2,1-3H3,(H2,17,21)(H,18,22)/t;11-,12?,13?/m.1/s1. The molecule has 1 saturated heterocycles. The van der Waals surface area contributed by atoms with Gasteiger partial charge in [-0.15, -0.1) is 0 Å². The van der Waals surface area contributed by atoms with E-state index in [1.165, 1.54) is 6.42 Å². The Kier molecular flexibility index (Phi) is 15.4. The lowest BCUT2D eigenvalue weighted by Crippen LogP contribution is -2.55. The molecule has 3 aliphatic rings. The van der Waals surface area contributed by atoms with E-state index in [-0.39, 0.29) is 24.5 Å². The zero-order valence-electron chi connectivity index (χ0n) is 30.7. The van der Waals surface area contributed by atoms with Gasteiger partial charge in [-0.2, -0.15) is 0 Å². The van der Waals surface area contributed by atoms with Crippen LogP contribution < -0.4 is 21.7 Å². The zero-order chi connectivity index (χ0) is 37.0. The molecule has 5 N–H and O–H groups in total. The first-order valence-electron chi connectivity index (χ1n) is 18.2. The van der Waals surface area contributed by atoms with E-state index in [9.17, 15) is 28.8 Å². The summed E-state index contributed by atoms with van der Waals surface area (Å²) in [7, 11) is 1.93. The predicted octanol–water partition coefficient (Wildman–Crippen LogP) is 3.89. The zero-order valence-corrected chi connectivity index (χ0v) is 30.7. The molecule has 1 aromatic rings. The number of carbonyl (C=O) groups is 6. The van der Waals surface area contributed by atoms with Crippen molar-refractivity contribution in [3.8, 4) is 0 Å². The van der Waals surface area contributed by atoms with Gasteiger partial charge >= 0.3 is 12.0 Å². The number of carbonyl (C=O) groups excluding carboxylic acids is 6. The number of aldehydes is 1. The van der Waals surface area contributed by atoms with Crippen molar-refractivity contribution in [2.75, 3.05) is 13.6 Å². The fraction of sp³-hybridized carbons (Fsp3) is 0.684. The highest BCUT2D eigenvalue weighted by Crippen LogP contribution is 2.34. The number of likely N-dealkylation sites (tertiary alicyclic amines) is 1. The summed E-state index contributed by atoms with van der Waals surface area (Å²) >= 11 is 0. The quantitative estimate of drug-likeness (QED) is 0.129. The highest BCUT2D eigenvalue weighted by molar-refractivity contribution is 6.37. The van der Waals surface area contributed by atoms with Crippen molar-refractivity contribution in [3.05, 3.63) is 35.9 Å². The van der Waals surface area contributed by atoms with E-state index < -0.39 is 47.2 Å². The predicted molar refractivity (Wildman–Crippen MR) is 190 cm³/mol. The van der Waals surface area contributed by atoms with Gasteiger partial charge < -0.3 is 31.2 Å². The molecule has 50 heavy (non-hydrogen) atoms. The van der Waals surface area contributed by atoms with Crippen LogP contribution in [0.1, 0.15) is 98.0 Å². The molecule has 3 fully saturated rings. The Labute approximate surface area is 297 Å². The van der Waals surface area contributed by atoms with E-state index in [2.05, 4.69) is 29.8 Å². The maximum atomic E-state index is 12.6. The molecule has 0 radical (unpaired) electrons. The summed E-state index contributed by atoms with van der Waals surface area (Å²) in [6, 6.07) is 6.54. The lowest BCUT2D eigenvalue weighted by molar-refractivity contribution is -0.150. The summed E-state index contributed by atoms with van der Waals surface area (Å²) < 4.78 is 5.41. The number of rotatable bonds is 14. The minimum absolute atomic E-state index is 0.147. The molecular formula is C38H59N5O7. The van der Waals surface area contributed by atoms with Gasteiger partial charge in [-0.25, -0.2) is 9.59 Å². The van der Waals surface area contributed by atoms with Crippen LogP contribution in [0.3, 0.4) is 0 Å². The Bertz CT molecular complexity index is 1300. The second kappa shape index (κ2) is 19.0. The average Bonchev–Trinajstić information content (AvgIpc) is 3.81.